The minimum absolute atomic E-state index is 0. The van der Waals surface area contributed by atoms with Crippen LogP contribution in [-0.4, -0.2) is 17.5 Å². The normalized spacial score (nSPS) is 6.36. The van der Waals surface area contributed by atoms with E-state index in [-0.39, 0.29) is 18.5 Å². The first kappa shape index (κ1) is 32.0. The first-order valence-corrected chi connectivity index (χ1v) is 2.37. The molecule has 0 fully saturated rings. The quantitative estimate of drug-likeness (QED) is 0.208. The van der Waals surface area contributed by atoms with Crippen LogP contribution in [0.4, 0.5) is 0 Å². The van der Waals surface area contributed by atoms with E-state index in [0.29, 0.717) is 0 Å². The Bertz CT molecular complexity index is 129. The summed E-state index contributed by atoms with van der Waals surface area (Å²) in [5.74, 6) is 0. The molecule has 0 aliphatic carbocycles. The molecule has 11 heavy (non-hydrogen) atoms. The molecule has 0 aromatic heterocycles. The topological polar surface area (TPSA) is 242 Å². The Morgan fingerprint density at radius 2 is 1.00 bits per heavy atom. The largest absolute Gasteiger partial charge is 0.759 e. The third-order valence-electron chi connectivity index (χ3n) is 0. The van der Waals surface area contributed by atoms with Crippen molar-refractivity contribution in [3.63, 3.8) is 0 Å². The molecule has 74 valence electrons. The zero-order valence-corrected chi connectivity index (χ0v) is 7.12. The molecule has 11 heteroatoms. The molecule has 0 unspecified atom stereocenters. The van der Waals surface area contributed by atoms with E-state index in [2.05, 4.69) is 0 Å². The summed E-state index contributed by atoms with van der Waals surface area (Å²) >= 11 is 0. The van der Waals surface area contributed by atoms with Crippen molar-refractivity contribution in [2.24, 2.45) is 5.34 Å². The molecule has 0 radical (unpaired) electrons. The van der Waals surface area contributed by atoms with Gasteiger partial charge in [-0.25, -0.2) is 0 Å². The van der Waals surface area contributed by atoms with E-state index in [1.165, 1.54) is 0 Å². The zero-order chi connectivity index (χ0) is 7.21. The van der Waals surface area contributed by atoms with Gasteiger partial charge in [0.15, 0.2) is 0 Å². The molecule has 0 aliphatic rings. The Labute approximate surface area is 62.9 Å². The van der Waals surface area contributed by atoms with Gasteiger partial charge in [0.1, 0.15) is 0 Å². The molecule has 0 saturated heterocycles. The van der Waals surface area contributed by atoms with Crippen LogP contribution in [0.5, 0.6) is 0 Å². The zero-order valence-electron chi connectivity index (χ0n) is 6.30. The van der Waals surface area contributed by atoms with E-state index >= 15 is 0 Å². The van der Waals surface area contributed by atoms with E-state index in [4.69, 9.17) is 27.6 Å². The highest BCUT2D eigenvalue weighted by atomic mass is 32.3. The van der Waals surface area contributed by atoms with Crippen LogP contribution in [0.25, 0.3) is 0 Å². The molecule has 0 bridgehead atoms. The number of nitrogens with zero attached hydrogens (tertiary/aromatic N) is 1. The maximum atomic E-state index is 8.52. The highest BCUT2D eigenvalue weighted by molar-refractivity contribution is 7.79. The maximum Gasteiger partial charge on any atom is 0.0311 e. The standard InChI is InChI=1S/HNO2.3H3N.H2O4S/c2-1-3;;;;1-5(2,3)4/h(H,2,3);3*1H3;(H2,1,2,3,4). The number of hydrogen-bond donors (Lipinski definition) is 3. The first-order valence-electron chi connectivity index (χ1n) is 1.03. The van der Waals surface area contributed by atoms with E-state index in [0.717, 1.165) is 5.34 Å². The highest BCUT2D eigenvalue weighted by Crippen LogP contribution is 1.57. The fourth-order valence-electron chi connectivity index (χ4n) is 0. The third-order valence-corrected chi connectivity index (χ3v) is 0. The van der Waals surface area contributed by atoms with Crippen molar-refractivity contribution in [1.82, 2.24) is 18.5 Å². The van der Waals surface area contributed by atoms with Gasteiger partial charge in [-0.3, -0.25) is 8.42 Å². The summed E-state index contributed by atoms with van der Waals surface area (Å²) in [6.45, 7) is 0. The van der Waals surface area contributed by atoms with Crippen molar-refractivity contribution >= 4 is 10.4 Å². The molecular formula is H12N4O6S. The van der Waals surface area contributed by atoms with Crippen molar-refractivity contribution in [1.29, 1.82) is 0 Å². The highest BCUT2D eigenvalue weighted by Gasteiger charge is 1.49. The van der Waals surface area contributed by atoms with Crippen molar-refractivity contribution in [2.45, 2.75) is 0 Å². The van der Waals surface area contributed by atoms with Gasteiger partial charge in [0.05, 0.1) is 0 Å². The van der Waals surface area contributed by atoms with Gasteiger partial charge < -0.3 is 37.7 Å². The van der Waals surface area contributed by atoms with Crippen molar-refractivity contribution in [2.75, 3.05) is 0 Å². The molecule has 0 saturated carbocycles. The Morgan fingerprint density at radius 1 is 1.00 bits per heavy atom. The van der Waals surface area contributed by atoms with Crippen LogP contribution in [0.2, 0.25) is 0 Å². The van der Waals surface area contributed by atoms with Crippen LogP contribution < -0.4 is 18.5 Å². The van der Waals surface area contributed by atoms with Crippen LogP contribution in [-0.2, 0) is 10.4 Å². The summed E-state index contributed by atoms with van der Waals surface area (Å²) in [5, 5.41) is 9.00. The Kier molecular flexibility index (Phi) is 46.8. The Balaban J connectivity index is -0.0000000183. The van der Waals surface area contributed by atoms with Crippen LogP contribution in [0.1, 0.15) is 0 Å². The Hall–Kier alpha value is -0.850. The SMILES string of the molecule is O=N[O-].O=S(=O)([O-])[O-].[NH4+].[NH4+].[NH4+]. The van der Waals surface area contributed by atoms with E-state index < -0.39 is 10.4 Å². The monoisotopic (exact) mass is 196 g/mol. The van der Waals surface area contributed by atoms with Gasteiger partial charge in [-0.2, -0.15) is 0 Å². The van der Waals surface area contributed by atoms with E-state index in [1.807, 2.05) is 0 Å². The fraction of sp³-hybridized carbons (Fsp3) is 0. The molecule has 0 aromatic rings. The van der Waals surface area contributed by atoms with Crippen LogP contribution >= 0.6 is 0 Å². The van der Waals surface area contributed by atoms with Gasteiger partial charge in [-0.1, -0.05) is 0 Å². The van der Waals surface area contributed by atoms with Gasteiger partial charge in [0, 0.05) is 10.4 Å². The second kappa shape index (κ2) is 16.1. The van der Waals surface area contributed by atoms with E-state index in [9.17, 15) is 0 Å². The van der Waals surface area contributed by atoms with Crippen molar-refractivity contribution in [3.8, 4) is 0 Å². The molecule has 0 aromatic carbocycles. The summed E-state index contributed by atoms with van der Waals surface area (Å²) in [7, 11) is -5.17. The van der Waals surface area contributed by atoms with Gasteiger partial charge in [-0.05, 0) is 0 Å². The minimum Gasteiger partial charge on any atom is -0.759 e. The smallest absolute Gasteiger partial charge is 0.0311 e. The second-order valence-corrected chi connectivity index (χ2v) is 1.30. The van der Waals surface area contributed by atoms with Crippen LogP contribution in [0.15, 0.2) is 5.34 Å². The average molecular weight is 196 g/mol. The first-order chi connectivity index (χ1) is 3.41. The fourth-order valence-corrected chi connectivity index (χ4v) is 0. The third kappa shape index (κ3) is 647. The predicted molar refractivity (Wildman–Crippen MR) is 37.6 cm³/mol. The lowest BCUT2D eigenvalue weighted by molar-refractivity contribution is 0.352. The average Bonchev–Trinajstić information content (AvgIpc) is 1.27. The molecule has 0 atom stereocenters. The van der Waals surface area contributed by atoms with Gasteiger partial charge in [0.25, 0.3) is 0 Å². The van der Waals surface area contributed by atoms with Crippen molar-refractivity contribution < 1.29 is 17.5 Å². The Morgan fingerprint density at radius 3 is 1.00 bits per heavy atom. The molecule has 0 heterocycles. The van der Waals surface area contributed by atoms with Gasteiger partial charge >= 0.3 is 0 Å². The van der Waals surface area contributed by atoms with Crippen LogP contribution in [0.3, 0.4) is 0 Å². The lowest BCUT2D eigenvalue weighted by atomic mass is 13.4. The molecule has 0 rings (SSSR count). The molecule has 0 spiro atoms. The summed E-state index contributed by atoms with van der Waals surface area (Å²) in [4.78, 5) is 8.00. The number of hydrogen-bond acceptors (Lipinski definition) is 7. The summed E-state index contributed by atoms with van der Waals surface area (Å²) in [5.41, 5.74) is 0. The summed E-state index contributed by atoms with van der Waals surface area (Å²) < 4.78 is 34.1. The maximum absolute atomic E-state index is 8.52. The van der Waals surface area contributed by atoms with E-state index in [1.54, 1.807) is 0 Å². The summed E-state index contributed by atoms with van der Waals surface area (Å²) in [6.07, 6.45) is 0. The second-order valence-electron chi connectivity index (χ2n) is 0.483. The van der Waals surface area contributed by atoms with Crippen molar-refractivity contribution in [3.05, 3.63) is 10.1 Å². The molecule has 0 amide bonds. The number of quaternary nitrogens is 3. The molecule has 10 nitrogen and oxygen atoms in total. The summed E-state index contributed by atoms with van der Waals surface area (Å²) in [6, 6.07) is 0. The lowest BCUT2D eigenvalue weighted by Crippen LogP contribution is -1.91. The van der Waals surface area contributed by atoms with Gasteiger partial charge in [0.2, 0.25) is 0 Å². The molecule has 0 aliphatic heterocycles. The molecule has 12 N–H and O–H groups in total. The van der Waals surface area contributed by atoms with Gasteiger partial charge in [-0.15, -0.1) is 5.34 Å². The molecular weight excluding hydrogens is 184 g/mol. The number of rotatable bonds is 0. The van der Waals surface area contributed by atoms with Crippen LogP contribution in [0, 0.1) is 10.1 Å². The minimum atomic E-state index is -5.17. The lowest BCUT2D eigenvalue weighted by Gasteiger charge is -2.06. The predicted octanol–water partition coefficient (Wildman–Crippen LogP) is 0.0412.